The summed E-state index contributed by atoms with van der Waals surface area (Å²) in [5.41, 5.74) is 2.43. The Labute approximate surface area is 117 Å². The second-order valence-electron chi connectivity index (χ2n) is 5.92. The van der Waals surface area contributed by atoms with Gasteiger partial charge in [-0.3, -0.25) is 4.79 Å². The molecule has 0 unspecified atom stereocenters. The number of nitrogens with one attached hydrogen (secondary N) is 1. The summed E-state index contributed by atoms with van der Waals surface area (Å²) in [6.45, 7) is 6.29. The molecule has 1 heterocycles. The van der Waals surface area contributed by atoms with Crippen molar-refractivity contribution in [3.05, 3.63) is 28.2 Å². The molecular weight excluding hydrogens is 260 g/mol. The van der Waals surface area contributed by atoms with Gasteiger partial charge in [-0.05, 0) is 6.42 Å². The van der Waals surface area contributed by atoms with Crippen LogP contribution in [0.4, 0.5) is 0 Å². The van der Waals surface area contributed by atoms with Gasteiger partial charge >= 0.3 is 0 Å². The highest BCUT2D eigenvalue weighted by Gasteiger charge is 2.27. The molecule has 1 aromatic rings. The van der Waals surface area contributed by atoms with E-state index in [0.717, 1.165) is 12.1 Å². The van der Waals surface area contributed by atoms with Crippen molar-refractivity contribution in [3.8, 4) is 0 Å². The molecule has 1 aromatic heterocycles. The molecule has 2 atom stereocenters. The third-order valence-corrected chi connectivity index (χ3v) is 4.03. The number of rotatable bonds is 3. The molecular formula is C14H20N2O2S. The number of hydrogen-bond acceptors (Lipinski definition) is 4. The predicted octanol–water partition coefficient (Wildman–Crippen LogP) is 2.11. The topological polar surface area (TPSA) is 62.2 Å². The summed E-state index contributed by atoms with van der Waals surface area (Å²) in [4.78, 5) is 17.3. The van der Waals surface area contributed by atoms with Crippen LogP contribution in [0.1, 0.15) is 42.6 Å². The van der Waals surface area contributed by atoms with Crippen molar-refractivity contribution in [2.75, 3.05) is 6.61 Å². The summed E-state index contributed by atoms with van der Waals surface area (Å²) >= 11 is 1.38. The van der Waals surface area contributed by atoms with Crippen molar-refractivity contribution in [1.82, 2.24) is 10.3 Å². The van der Waals surface area contributed by atoms with Crippen LogP contribution in [0.15, 0.2) is 17.7 Å². The first-order valence-electron chi connectivity index (χ1n) is 6.46. The fourth-order valence-electron chi connectivity index (χ4n) is 2.19. The average Bonchev–Trinajstić information content (AvgIpc) is 2.95. The van der Waals surface area contributed by atoms with Crippen LogP contribution in [0.5, 0.6) is 0 Å². The molecule has 104 valence electrons. The highest BCUT2D eigenvalue weighted by Crippen LogP contribution is 2.27. The Bertz CT molecular complexity index is 488. The molecule has 2 N–H and O–H groups in total. The van der Waals surface area contributed by atoms with E-state index in [1.807, 2.05) is 12.2 Å². The smallest absolute Gasteiger partial charge is 0.263 e. The van der Waals surface area contributed by atoms with E-state index in [9.17, 15) is 4.79 Å². The lowest BCUT2D eigenvalue weighted by Gasteiger charge is -2.18. The fourth-order valence-corrected chi connectivity index (χ4v) is 3.09. The van der Waals surface area contributed by atoms with Gasteiger partial charge in [0.1, 0.15) is 4.88 Å². The van der Waals surface area contributed by atoms with Crippen LogP contribution in [0.25, 0.3) is 0 Å². The predicted molar refractivity (Wildman–Crippen MR) is 76.4 cm³/mol. The number of hydrogen-bond donors (Lipinski definition) is 2. The highest BCUT2D eigenvalue weighted by molar-refractivity contribution is 7.11. The second kappa shape index (κ2) is 5.43. The van der Waals surface area contributed by atoms with E-state index in [1.54, 1.807) is 5.51 Å². The lowest BCUT2D eigenvalue weighted by Crippen LogP contribution is -2.33. The molecule has 0 bridgehead atoms. The van der Waals surface area contributed by atoms with Gasteiger partial charge in [-0.25, -0.2) is 4.98 Å². The van der Waals surface area contributed by atoms with Crippen molar-refractivity contribution >= 4 is 17.2 Å². The Hall–Kier alpha value is -1.20. The number of amides is 1. The van der Waals surface area contributed by atoms with Crippen molar-refractivity contribution < 1.29 is 9.90 Å². The number of aliphatic hydroxyl groups excluding tert-OH is 1. The van der Waals surface area contributed by atoms with Crippen molar-refractivity contribution in [2.24, 2.45) is 5.92 Å². The SMILES string of the molecule is CC(C)(C)c1ncsc1C(=O)N[C@@H]1C=C[C@H](CO)C1. The first-order valence-corrected chi connectivity index (χ1v) is 7.34. The minimum absolute atomic E-state index is 0.0135. The number of nitrogens with zero attached hydrogens (tertiary/aromatic N) is 1. The zero-order valence-electron chi connectivity index (χ0n) is 11.5. The van der Waals surface area contributed by atoms with Crippen LogP contribution >= 0.6 is 11.3 Å². The van der Waals surface area contributed by atoms with Crippen LogP contribution in [-0.4, -0.2) is 28.6 Å². The molecule has 4 nitrogen and oxygen atoms in total. The van der Waals surface area contributed by atoms with Gasteiger partial charge in [0.2, 0.25) is 0 Å². The first kappa shape index (κ1) is 14.2. The lowest BCUT2D eigenvalue weighted by atomic mass is 9.91. The molecule has 19 heavy (non-hydrogen) atoms. The van der Waals surface area contributed by atoms with E-state index in [0.29, 0.717) is 4.88 Å². The standard InChI is InChI=1S/C14H20N2O2S/c1-14(2,3)12-11(19-8-15-12)13(18)16-10-5-4-9(6-10)7-17/h4-5,8-10,17H,6-7H2,1-3H3,(H,16,18)/t9-,10+/m0/s1. The van der Waals surface area contributed by atoms with Crippen molar-refractivity contribution in [3.63, 3.8) is 0 Å². The summed E-state index contributed by atoms with van der Waals surface area (Å²) in [5.74, 6) is 0.0921. The molecule has 2 rings (SSSR count). The largest absolute Gasteiger partial charge is 0.396 e. The fraction of sp³-hybridized carbons (Fsp3) is 0.571. The Balaban J connectivity index is 2.06. The van der Waals surface area contributed by atoms with Crippen LogP contribution in [0.3, 0.4) is 0 Å². The Morgan fingerprint density at radius 2 is 2.26 bits per heavy atom. The quantitative estimate of drug-likeness (QED) is 0.834. The zero-order valence-corrected chi connectivity index (χ0v) is 12.3. The summed E-state index contributed by atoms with van der Waals surface area (Å²) < 4.78 is 0. The van der Waals surface area contributed by atoms with Crippen LogP contribution in [-0.2, 0) is 5.41 Å². The highest BCUT2D eigenvalue weighted by atomic mass is 32.1. The summed E-state index contributed by atoms with van der Waals surface area (Å²) in [6, 6.07) is 0.0135. The number of carbonyl (C=O) groups excluding carboxylic acids is 1. The van der Waals surface area contributed by atoms with E-state index in [4.69, 9.17) is 5.11 Å². The van der Waals surface area contributed by atoms with Gasteiger partial charge in [0.05, 0.1) is 11.2 Å². The lowest BCUT2D eigenvalue weighted by molar-refractivity contribution is 0.0943. The zero-order chi connectivity index (χ0) is 14.0. The number of thiazole rings is 1. The van der Waals surface area contributed by atoms with E-state index in [2.05, 4.69) is 31.1 Å². The maximum atomic E-state index is 12.3. The van der Waals surface area contributed by atoms with E-state index in [-0.39, 0.29) is 29.9 Å². The van der Waals surface area contributed by atoms with E-state index in [1.165, 1.54) is 11.3 Å². The normalized spacial score (nSPS) is 22.7. The van der Waals surface area contributed by atoms with E-state index < -0.39 is 0 Å². The van der Waals surface area contributed by atoms with Gasteiger partial charge < -0.3 is 10.4 Å². The van der Waals surface area contributed by atoms with Gasteiger partial charge in [-0.15, -0.1) is 11.3 Å². The van der Waals surface area contributed by atoms with Crippen LogP contribution in [0.2, 0.25) is 0 Å². The van der Waals surface area contributed by atoms with Gasteiger partial charge in [0.15, 0.2) is 0 Å². The first-order chi connectivity index (χ1) is 8.91. The molecule has 0 fully saturated rings. The molecule has 1 amide bonds. The average molecular weight is 280 g/mol. The Morgan fingerprint density at radius 3 is 2.84 bits per heavy atom. The number of aliphatic hydroxyl groups is 1. The third-order valence-electron chi connectivity index (χ3n) is 3.21. The molecule has 0 aliphatic heterocycles. The van der Waals surface area contributed by atoms with Gasteiger partial charge in [-0.2, -0.15) is 0 Å². The Kier molecular flexibility index (Phi) is 4.06. The van der Waals surface area contributed by atoms with Gasteiger partial charge in [0, 0.05) is 24.0 Å². The second-order valence-corrected chi connectivity index (χ2v) is 6.78. The minimum atomic E-state index is -0.133. The monoisotopic (exact) mass is 280 g/mol. The minimum Gasteiger partial charge on any atom is -0.396 e. The van der Waals surface area contributed by atoms with Crippen LogP contribution in [0, 0.1) is 5.92 Å². The van der Waals surface area contributed by atoms with Crippen LogP contribution < -0.4 is 5.32 Å². The molecule has 0 saturated heterocycles. The summed E-state index contributed by atoms with van der Waals surface area (Å²) in [7, 11) is 0. The number of carbonyl (C=O) groups is 1. The van der Waals surface area contributed by atoms with Gasteiger partial charge in [-0.1, -0.05) is 32.9 Å². The van der Waals surface area contributed by atoms with E-state index >= 15 is 0 Å². The third kappa shape index (κ3) is 3.22. The molecule has 1 aliphatic carbocycles. The molecule has 0 aromatic carbocycles. The molecule has 1 aliphatic rings. The molecule has 0 saturated carbocycles. The van der Waals surface area contributed by atoms with Gasteiger partial charge in [0.25, 0.3) is 5.91 Å². The number of aromatic nitrogens is 1. The van der Waals surface area contributed by atoms with Crippen molar-refractivity contribution in [1.29, 1.82) is 0 Å². The van der Waals surface area contributed by atoms with Crippen molar-refractivity contribution in [2.45, 2.75) is 38.6 Å². The summed E-state index contributed by atoms with van der Waals surface area (Å²) in [5, 5.41) is 12.1. The Morgan fingerprint density at radius 1 is 1.53 bits per heavy atom. The maximum Gasteiger partial charge on any atom is 0.263 e. The molecule has 0 radical (unpaired) electrons. The molecule has 0 spiro atoms. The molecule has 5 heteroatoms. The summed E-state index contributed by atoms with van der Waals surface area (Å²) in [6.07, 6.45) is 4.69. The maximum absolute atomic E-state index is 12.3.